The Hall–Kier alpha value is -3.58. The van der Waals surface area contributed by atoms with Crippen LogP contribution in [0.15, 0.2) is 91.0 Å². The summed E-state index contributed by atoms with van der Waals surface area (Å²) in [7, 11) is 0. The molecule has 0 aliphatic heterocycles. The van der Waals surface area contributed by atoms with E-state index < -0.39 is 23.8 Å². The van der Waals surface area contributed by atoms with E-state index in [4.69, 9.17) is 4.74 Å². The molecule has 0 bridgehead atoms. The highest BCUT2D eigenvalue weighted by atomic mass is 32.2. The van der Waals surface area contributed by atoms with Gasteiger partial charge in [0.1, 0.15) is 6.04 Å². The fraction of sp³-hybridized carbons (Fsp3) is 0.276. The normalized spacial score (nSPS) is 11.5. The minimum atomic E-state index is -0.767. The molecule has 0 aliphatic rings. The summed E-state index contributed by atoms with van der Waals surface area (Å²) in [6.45, 7) is 0.00309. The van der Waals surface area contributed by atoms with Crippen molar-refractivity contribution >= 4 is 29.5 Å². The molecule has 2 N–H and O–H groups in total. The lowest BCUT2D eigenvalue weighted by Gasteiger charge is -2.20. The number of rotatable bonds is 13. The minimum Gasteiger partial charge on any atom is -0.464 e. The van der Waals surface area contributed by atoms with Gasteiger partial charge >= 0.3 is 5.97 Å². The van der Waals surface area contributed by atoms with Gasteiger partial charge in [0.2, 0.25) is 11.8 Å². The van der Waals surface area contributed by atoms with Gasteiger partial charge < -0.3 is 15.4 Å². The van der Waals surface area contributed by atoms with E-state index in [1.165, 1.54) is 0 Å². The van der Waals surface area contributed by atoms with Gasteiger partial charge in [0.15, 0.2) is 0 Å². The number of hydrogen-bond donors (Lipinski definition) is 2. The molecule has 0 unspecified atom stereocenters. The Morgan fingerprint density at radius 3 is 1.94 bits per heavy atom. The Bertz CT molecular complexity index is 1050. The van der Waals surface area contributed by atoms with E-state index in [0.717, 1.165) is 16.7 Å². The van der Waals surface area contributed by atoms with Gasteiger partial charge in [-0.05, 0) is 35.1 Å². The van der Waals surface area contributed by atoms with Crippen molar-refractivity contribution in [3.63, 3.8) is 0 Å². The van der Waals surface area contributed by atoms with Crippen molar-refractivity contribution in [2.45, 2.75) is 24.8 Å². The first kappa shape index (κ1) is 27.0. The quantitative estimate of drug-likeness (QED) is 0.344. The second-order valence-electron chi connectivity index (χ2n) is 8.28. The lowest BCUT2D eigenvalue weighted by atomic mass is 9.90. The zero-order valence-corrected chi connectivity index (χ0v) is 21.2. The summed E-state index contributed by atoms with van der Waals surface area (Å²) in [6, 6.07) is 27.9. The van der Waals surface area contributed by atoms with Crippen molar-refractivity contribution in [2.24, 2.45) is 0 Å². The molecule has 0 saturated heterocycles. The molecule has 1 atom stereocenters. The second-order valence-corrected chi connectivity index (χ2v) is 9.26. The first-order valence-electron chi connectivity index (χ1n) is 11.9. The second kappa shape index (κ2) is 14.7. The number of esters is 1. The fourth-order valence-electron chi connectivity index (χ4n) is 3.80. The number of thioether (sulfide) groups is 1. The van der Waals surface area contributed by atoms with Crippen LogP contribution >= 0.6 is 11.8 Å². The average molecular weight is 505 g/mol. The van der Waals surface area contributed by atoms with Crippen molar-refractivity contribution < 1.29 is 19.1 Å². The molecule has 3 aromatic carbocycles. The molecule has 0 aromatic heterocycles. The van der Waals surface area contributed by atoms with Gasteiger partial charge in [0.25, 0.3) is 0 Å². The van der Waals surface area contributed by atoms with Gasteiger partial charge in [-0.25, -0.2) is 4.79 Å². The largest absolute Gasteiger partial charge is 0.464 e. The van der Waals surface area contributed by atoms with Gasteiger partial charge in [-0.15, -0.1) is 0 Å². The van der Waals surface area contributed by atoms with Crippen LogP contribution in [0, 0.1) is 0 Å². The number of carbonyl (C=O) groups is 3. The van der Waals surface area contributed by atoms with Gasteiger partial charge in [-0.3, -0.25) is 9.59 Å². The molecule has 7 heteroatoms. The summed E-state index contributed by atoms with van der Waals surface area (Å²) < 4.78 is 5.44. The van der Waals surface area contributed by atoms with Crippen molar-refractivity contribution in [1.29, 1.82) is 0 Å². The van der Waals surface area contributed by atoms with Gasteiger partial charge in [0, 0.05) is 6.42 Å². The molecule has 0 radical (unpaired) electrons. The Kier molecular flexibility index (Phi) is 11.1. The summed E-state index contributed by atoms with van der Waals surface area (Å²) in [4.78, 5) is 38.5. The molecular weight excluding hydrogens is 472 g/mol. The van der Waals surface area contributed by atoms with Crippen molar-refractivity contribution in [3.8, 4) is 0 Å². The third-order valence-electron chi connectivity index (χ3n) is 5.66. The maximum atomic E-state index is 13.1. The monoisotopic (exact) mass is 504 g/mol. The molecule has 3 rings (SSSR count). The maximum Gasteiger partial charge on any atom is 0.328 e. The third kappa shape index (κ3) is 8.57. The smallest absolute Gasteiger partial charge is 0.328 e. The molecule has 0 saturated carbocycles. The maximum absolute atomic E-state index is 13.1. The van der Waals surface area contributed by atoms with Crippen LogP contribution < -0.4 is 10.6 Å². The van der Waals surface area contributed by atoms with E-state index in [9.17, 15) is 14.4 Å². The Balaban J connectivity index is 1.56. The van der Waals surface area contributed by atoms with E-state index in [-0.39, 0.29) is 19.1 Å². The summed E-state index contributed by atoms with van der Waals surface area (Å²) in [6.07, 6.45) is 2.99. The molecule has 6 nitrogen and oxygen atoms in total. The highest BCUT2D eigenvalue weighted by Crippen LogP contribution is 2.24. The highest BCUT2D eigenvalue weighted by Gasteiger charge is 2.25. The summed E-state index contributed by atoms with van der Waals surface area (Å²) >= 11 is 1.58. The minimum absolute atomic E-state index is 0.234. The first-order valence-corrected chi connectivity index (χ1v) is 13.3. The lowest BCUT2D eigenvalue weighted by Crippen LogP contribution is -2.47. The summed E-state index contributed by atoms with van der Waals surface area (Å²) in [5, 5.41) is 5.47. The molecule has 188 valence electrons. The molecule has 2 amide bonds. The van der Waals surface area contributed by atoms with Crippen molar-refractivity contribution in [2.75, 3.05) is 25.2 Å². The highest BCUT2D eigenvalue weighted by molar-refractivity contribution is 7.98. The van der Waals surface area contributed by atoms with Crippen LogP contribution in [0.5, 0.6) is 0 Å². The number of hydrogen-bond acceptors (Lipinski definition) is 5. The van der Waals surface area contributed by atoms with E-state index in [1.54, 1.807) is 11.8 Å². The average Bonchev–Trinajstić information content (AvgIpc) is 2.91. The SMILES string of the molecule is CSCC[C@H](NC(=O)CNC(=O)C(c1ccccc1)c1ccccc1)C(=O)OCCc1ccccc1. The standard InChI is InChI=1S/C29H32N2O4S/c1-36-20-18-25(29(34)35-19-17-22-11-5-2-6-12-22)31-26(32)21-30-28(33)27(23-13-7-3-8-14-23)24-15-9-4-10-16-24/h2-16,25,27H,17-21H2,1H3,(H,30,33)(H,31,32)/t25-/m0/s1. The molecule has 36 heavy (non-hydrogen) atoms. The van der Waals surface area contributed by atoms with Crippen LogP contribution in [0.2, 0.25) is 0 Å². The van der Waals surface area contributed by atoms with E-state index >= 15 is 0 Å². The number of amides is 2. The van der Waals surface area contributed by atoms with Crippen LogP contribution in [-0.4, -0.2) is 49.0 Å². The molecule has 0 spiro atoms. The number of ether oxygens (including phenoxy) is 1. The molecular formula is C29H32N2O4S. The number of carbonyl (C=O) groups excluding carboxylic acids is 3. The molecule has 0 aliphatic carbocycles. The van der Waals surface area contributed by atoms with E-state index in [0.29, 0.717) is 18.6 Å². The van der Waals surface area contributed by atoms with Gasteiger partial charge in [-0.1, -0.05) is 91.0 Å². The van der Waals surface area contributed by atoms with Crippen LogP contribution in [0.3, 0.4) is 0 Å². The molecule has 0 fully saturated rings. The van der Waals surface area contributed by atoms with Crippen LogP contribution in [0.1, 0.15) is 29.0 Å². The van der Waals surface area contributed by atoms with Gasteiger partial charge in [0.05, 0.1) is 19.1 Å². The zero-order valence-electron chi connectivity index (χ0n) is 20.4. The number of nitrogens with one attached hydrogen (secondary N) is 2. The first-order chi connectivity index (χ1) is 17.6. The molecule has 3 aromatic rings. The van der Waals surface area contributed by atoms with E-state index in [2.05, 4.69) is 10.6 Å². The van der Waals surface area contributed by atoms with Crippen LogP contribution in [0.4, 0.5) is 0 Å². The fourth-order valence-corrected chi connectivity index (χ4v) is 4.27. The van der Waals surface area contributed by atoms with Crippen LogP contribution in [0.25, 0.3) is 0 Å². The number of benzene rings is 3. The zero-order chi connectivity index (χ0) is 25.6. The Morgan fingerprint density at radius 1 is 0.833 bits per heavy atom. The predicted octanol–water partition coefficient (Wildman–Crippen LogP) is 3.96. The molecule has 0 heterocycles. The third-order valence-corrected chi connectivity index (χ3v) is 6.30. The van der Waals surface area contributed by atoms with Gasteiger partial charge in [-0.2, -0.15) is 11.8 Å². The Labute approximate surface area is 216 Å². The van der Waals surface area contributed by atoms with Crippen molar-refractivity contribution in [1.82, 2.24) is 10.6 Å². The predicted molar refractivity (Wildman–Crippen MR) is 144 cm³/mol. The Morgan fingerprint density at radius 2 is 1.39 bits per heavy atom. The summed E-state index contributed by atoms with van der Waals surface area (Å²) in [5.74, 6) is -1.04. The topological polar surface area (TPSA) is 84.5 Å². The lowest BCUT2D eigenvalue weighted by molar-refractivity contribution is -0.147. The summed E-state index contributed by atoms with van der Waals surface area (Å²) in [5.41, 5.74) is 2.74. The van der Waals surface area contributed by atoms with Crippen LogP contribution in [-0.2, 0) is 25.5 Å². The van der Waals surface area contributed by atoms with E-state index in [1.807, 2.05) is 97.3 Å². The van der Waals surface area contributed by atoms with Crippen molar-refractivity contribution in [3.05, 3.63) is 108 Å².